The van der Waals surface area contributed by atoms with Crippen LogP contribution >= 0.6 is 0 Å². The minimum Gasteiger partial charge on any atom is -0.480 e. The highest BCUT2D eigenvalue weighted by atomic mass is 19.3. The summed E-state index contributed by atoms with van der Waals surface area (Å²) in [5.74, 6) is -5.68. The summed E-state index contributed by atoms with van der Waals surface area (Å²) in [7, 11) is 0. The number of benzene rings is 2. The van der Waals surface area contributed by atoms with Gasteiger partial charge in [0.15, 0.2) is 6.04 Å². The molecule has 0 fully saturated rings. The number of carbonyl (C=O) groups excluding carboxylic acids is 1. The Hall–Kier alpha value is -2.96. The quantitative estimate of drug-likeness (QED) is 0.853. The summed E-state index contributed by atoms with van der Waals surface area (Å²) in [6.45, 7) is 0.344. The minimum atomic E-state index is -3.61. The van der Waals surface area contributed by atoms with E-state index < -0.39 is 24.0 Å². The number of rotatable bonds is 5. The fourth-order valence-corrected chi connectivity index (χ4v) is 3.16. The topological polar surface area (TPSA) is 75.6 Å². The zero-order valence-electron chi connectivity index (χ0n) is 13.9. The maximum atomic E-state index is 13.3. The van der Waals surface area contributed by atoms with Crippen LogP contribution in [-0.2, 0) is 9.53 Å². The third kappa shape index (κ3) is 3.37. The fourth-order valence-electron chi connectivity index (χ4n) is 3.16. The first-order valence-corrected chi connectivity index (χ1v) is 8.01. The lowest BCUT2D eigenvalue weighted by Gasteiger charge is -2.21. The largest absolute Gasteiger partial charge is 0.480 e. The molecule has 0 heterocycles. The summed E-state index contributed by atoms with van der Waals surface area (Å²) < 4.78 is 31.6. The van der Waals surface area contributed by atoms with Crippen molar-refractivity contribution in [3.05, 3.63) is 59.7 Å². The molecule has 2 aromatic rings. The molecule has 3 rings (SSSR count). The Bertz CT molecular complexity index is 802. The molecule has 5 nitrogen and oxygen atoms in total. The van der Waals surface area contributed by atoms with Crippen LogP contribution in [0.15, 0.2) is 48.5 Å². The molecular formula is C19H17F2NO4. The third-order valence-corrected chi connectivity index (χ3v) is 4.36. The van der Waals surface area contributed by atoms with E-state index in [4.69, 9.17) is 9.84 Å². The first-order valence-electron chi connectivity index (χ1n) is 8.01. The second-order valence-electron chi connectivity index (χ2n) is 6.20. The normalized spacial score (nSPS) is 14.3. The van der Waals surface area contributed by atoms with Gasteiger partial charge in [0.2, 0.25) is 0 Å². The predicted octanol–water partition coefficient (Wildman–Crippen LogP) is 3.63. The summed E-state index contributed by atoms with van der Waals surface area (Å²) in [4.78, 5) is 22.8. The molecule has 1 aliphatic rings. The molecule has 0 saturated carbocycles. The van der Waals surface area contributed by atoms with Gasteiger partial charge >= 0.3 is 12.1 Å². The van der Waals surface area contributed by atoms with Crippen molar-refractivity contribution >= 4 is 12.1 Å². The number of carboxylic acid groups (broad SMARTS) is 1. The molecule has 2 N–H and O–H groups in total. The number of ether oxygens (including phenoxy) is 1. The van der Waals surface area contributed by atoms with Crippen molar-refractivity contribution in [2.24, 2.45) is 0 Å². The Labute approximate surface area is 148 Å². The Balaban J connectivity index is 1.74. The Morgan fingerprint density at radius 3 is 2.08 bits per heavy atom. The number of amides is 1. The minimum absolute atomic E-state index is 0.0819. The molecule has 7 heteroatoms. The molecule has 0 saturated heterocycles. The van der Waals surface area contributed by atoms with E-state index in [9.17, 15) is 18.4 Å². The molecule has 26 heavy (non-hydrogen) atoms. The van der Waals surface area contributed by atoms with Gasteiger partial charge in [0.25, 0.3) is 5.92 Å². The van der Waals surface area contributed by atoms with E-state index in [2.05, 4.69) is 0 Å². The van der Waals surface area contributed by atoms with Crippen molar-refractivity contribution in [2.45, 2.75) is 24.8 Å². The van der Waals surface area contributed by atoms with Crippen LogP contribution in [0.1, 0.15) is 24.0 Å². The number of alkyl halides is 2. The van der Waals surface area contributed by atoms with Gasteiger partial charge in [-0.05, 0) is 22.3 Å². The second-order valence-corrected chi connectivity index (χ2v) is 6.20. The summed E-state index contributed by atoms with van der Waals surface area (Å²) in [6, 6.07) is 13.0. The van der Waals surface area contributed by atoms with Gasteiger partial charge in [0, 0.05) is 12.8 Å². The van der Waals surface area contributed by atoms with Gasteiger partial charge < -0.3 is 15.2 Å². The number of hydrogen-bond acceptors (Lipinski definition) is 3. The van der Waals surface area contributed by atoms with Gasteiger partial charge in [-0.3, -0.25) is 0 Å². The van der Waals surface area contributed by atoms with Crippen molar-refractivity contribution in [1.29, 1.82) is 0 Å². The molecule has 0 aromatic heterocycles. The zero-order valence-corrected chi connectivity index (χ0v) is 13.9. The van der Waals surface area contributed by atoms with Gasteiger partial charge in [-0.1, -0.05) is 48.5 Å². The summed E-state index contributed by atoms with van der Waals surface area (Å²) >= 11 is 0. The maximum absolute atomic E-state index is 13.3. The number of nitrogens with one attached hydrogen (secondary N) is 1. The van der Waals surface area contributed by atoms with Crippen LogP contribution in [0.25, 0.3) is 11.1 Å². The van der Waals surface area contributed by atoms with Gasteiger partial charge in [-0.2, -0.15) is 0 Å². The molecule has 1 unspecified atom stereocenters. The number of hydrogen-bond donors (Lipinski definition) is 2. The van der Waals surface area contributed by atoms with Crippen molar-refractivity contribution in [3.8, 4) is 11.1 Å². The van der Waals surface area contributed by atoms with E-state index in [0.29, 0.717) is 6.92 Å². The van der Waals surface area contributed by atoms with Crippen LogP contribution in [0.5, 0.6) is 0 Å². The average molecular weight is 361 g/mol. The number of halogens is 2. The molecule has 0 bridgehead atoms. The van der Waals surface area contributed by atoms with E-state index in [1.54, 1.807) is 5.32 Å². The number of carboxylic acids is 1. The van der Waals surface area contributed by atoms with Crippen LogP contribution < -0.4 is 5.32 Å². The third-order valence-electron chi connectivity index (χ3n) is 4.36. The van der Waals surface area contributed by atoms with Crippen LogP contribution in [0.2, 0.25) is 0 Å². The van der Waals surface area contributed by atoms with Gasteiger partial charge in [-0.25, -0.2) is 18.4 Å². The van der Waals surface area contributed by atoms with Crippen LogP contribution in [0.4, 0.5) is 13.6 Å². The first-order chi connectivity index (χ1) is 12.3. The van der Waals surface area contributed by atoms with E-state index in [1.165, 1.54) is 0 Å². The van der Waals surface area contributed by atoms with Crippen molar-refractivity contribution in [1.82, 2.24) is 5.32 Å². The lowest BCUT2D eigenvalue weighted by atomic mass is 9.98. The molecule has 136 valence electrons. The van der Waals surface area contributed by atoms with Crippen LogP contribution in [0.3, 0.4) is 0 Å². The Morgan fingerprint density at radius 2 is 1.62 bits per heavy atom. The summed E-state index contributed by atoms with van der Waals surface area (Å²) in [5.41, 5.74) is 4.00. The van der Waals surface area contributed by atoms with Crippen molar-refractivity contribution in [3.63, 3.8) is 0 Å². The number of alkyl carbamates (subject to hydrolysis) is 1. The van der Waals surface area contributed by atoms with Gasteiger partial charge in [0.1, 0.15) is 6.61 Å². The molecule has 1 atom stereocenters. The first kappa shape index (κ1) is 17.8. The van der Waals surface area contributed by atoms with E-state index in [1.807, 2.05) is 48.5 Å². The molecule has 0 radical (unpaired) electrons. The molecular weight excluding hydrogens is 344 g/mol. The van der Waals surface area contributed by atoms with E-state index in [0.717, 1.165) is 22.3 Å². The molecule has 1 aliphatic carbocycles. The number of aliphatic carboxylic acids is 1. The Morgan fingerprint density at radius 1 is 1.12 bits per heavy atom. The highest BCUT2D eigenvalue weighted by Gasteiger charge is 2.41. The van der Waals surface area contributed by atoms with Gasteiger partial charge in [0.05, 0.1) is 0 Å². The van der Waals surface area contributed by atoms with Gasteiger partial charge in [-0.15, -0.1) is 0 Å². The molecule has 0 spiro atoms. The van der Waals surface area contributed by atoms with Crippen LogP contribution in [-0.4, -0.2) is 35.7 Å². The smallest absolute Gasteiger partial charge is 0.408 e. The van der Waals surface area contributed by atoms with E-state index >= 15 is 0 Å². The zero-order chi connectivity index (χ0) is 18.9. The summed E-state index contributed by atoms with van der Waals surface area (Å²) in [5, 5.41) is 10.6. The van der Waals surface area contributed by atoms with E-state index in [-0.39, 0.29) is 12.5 Å². The van der Waals surface area contributed by atoms with Crippen molar-refractivity contribution < 1.29 is 28.2 Å². The Kier molecular flexibility index (Phi) is 4.63. The van der Waals surface area contributed by atoms with Crippen LogP contribution in [0, 0.1) is 0 Å². The predicted molar refractivity (Wildman–Crippen MR) is 90.2 cm³/mol. The highest BCUT2D eigenvalue weighted by Crippen LogP contribution is 2.44. The number of fused-ring (bicyclic) bond motifs is 3. The lowest BCUT2D eigenvalue weighted by Crippen LogP contribution is -2.51. The SMILES string of the molecule is CC(F)(F)C(NC(=O)OCC1c2ccccc2-c2ccccc21)C(=O)O. The lowest BCUT2D eigenvalue weighted by molar-refractivity contribution is -0.148. The standard InChI is InChI=1S/C19H17F2NO4/c1-19(20,21)16(17(23)24)22-18(25)26-10-15-13-8-4-2-6-11(13)12-7-3-5-9-14(12)15/h2-9,15-16H,10H2,1H3,(H,22,25)(H,23,24). The number of carbonyl (C=O) groups is 2. The monoisotopic (exact) mass is 361 g/mol. The molecule has 1 amide bonds. The molecule has 2 aromatic carbocycles. The highest BCUT2D eigenvalue weighted by molar-refractivity contribution is 5.81. The average Bonchev–Trinajstić information content (AvgIpc) is 2.91. The molecule has 0 aliphatic heterocycles. The maximum Gasteiger partial charge on any atom is 0.408 e. The van der Waals surface area contributed by atoms with Crippen molar-refractivity contribution in [2.75, 3.05) is 6.61 Å². The fraction of sp³-hybridized carbons (Fsp3) is 0.263. The second kappa shape index (κ2) is 6.74. The summed E-state index contributed by atoms with van der Waals surface area (Å²) in [6.07, 6.45) is -1.19.